The summed E-state index contributed by atoms with van der Waals surface area (Å²) >= 11 is 0. The number of nitrogens with one attached hydrogen (secondary N) is 2. The van der Waals surface area contributed by atoms with E-state index in [1.807, 2.05) is 28.8 Å². The number of nitrogens with zero attached hydrogens (tertiary/aromatic N) is 5. The highest BCUT2D eigenvalue weighted by Crippen LogP contribution is 2.25. The third kappa shape index (κ3) is 6.37. The van der Waals surface area contributed by atoms with Crippen LogP contribution in [0.15, 0.2) is 67.3 Å². The van der Waals surface area contributed by atoms with E-state index in [-0.39, 0.29) is 11.9 Å². The van der Waals surface area contributed by atoms with E-state index in [1.54, 1.807) is 51.6 Å². The van der Waals surface area contributed by atoms with Crippen LogP contribution in [0.5, 0.6) is 0 Å². The molecule has 1 aliphatic rings. The minimum atomic E-state index is -0.823. The summed E-state index contributed by atoms with van der Waals surface area (Å²) in [7, 11) is 0. The molecule has 2 aromatic carbocycles. The molecule has 1 saturated heterocycles. The predicted molar refractivity (Wildman–Crippen MR) is 151 cm³/mol. The first-order valence-corrected chi connectivity index (χ1v) is 13.3. The van der Waals surface area contributed by atoms with Gasteiger partial charge in [-0.05, 0) is 64.3 Å². The van der Waals surface area contributed by atoms with Crippen molar-refractivity contribution in [1.82, 2.24) is 24.6 Å². The number of anilines is 2. The fourth-order valence-electron chi connectivity index (χ4n) is 4.56. The normalized spacial score (nSPS) is 16.4. The van der Waals surface area contributed by atoms with Crippen molar-refractivity contribution < 1.29 is 19.2 Å². The van der Waals surface area contributed by atoms with Crippen LogP contribution < -0.4 is 10.6 Å². The molecule has 11 nitrogen and oxygen atoms in total. The molecule has 1 aliphatic heterocycles. The third-order valence-electron chi connectivity index (χ3n) is 6.44. The van der Waals surface area contributed by atoms with Crippen LogP contribution >= 0.6 is 0 Å². The van der Waals surface area contributed by atoms with Gasteiger partial charge in [0.1, 0.15) is 23.8 Å². The molecule has 2 N–H and O–H groups in total. The Bertz CT molecular complexity index is 1500. The highest BCUT2D eigenvalue weighted by atomic mass is 16.8. The molecule has 0 aliphatic carbocycles. The lowest BCUT2D eigenvalue weighted by molar-refractivity contribution is -0.159. The summed E-state index contributed by atoms with van der Waals surface area (Å²) < 4.78 is 7.07. The lowest BCUT2D eigenvalue weighted by atomic mass is 10.1. The summed E-state index contributed by atoms with van der Waals surface area (Å²) in [6.07, 6.45) is 5.51. The Balaban J connectivity index is 1.27. The molecule has 0 unspecified atom stereocenters. The molecule has 0 bridgehead atoms. The molecule has 3 heterocycles. The number of carbonyl (C=O) groups excluding carboxylic acids is 2. The van der Waals surface area contributed by atoms with Gasteiger partial charge in [0.2, 0.25) is 5.91 Å². The van der Waals surface area contributed by atoms with Crippen molar-refractivity contribution in [2.24, 2.45) is 0 Å². The van der Waals surface area contributed by atoms with Gasteiger partial charge >= 0.3 is 6.16 Å². The van der Waals surface area contributed by atoms with Gasteiger partial charge in [-0.2, -0.15) is 0 Å². The number of hydrogen-bond donors (Lipinski definition) is 2. The molecule has 208 valence electrons. The second-order valence-corrected chi connectivity index (χ2v) is 10.7. The first-order chi connectivity index (χ1) is 19.2. The minimum absolute atomic E-state index is 0.0572. The first-order valence-electron chi connectivity index (χ1n) is 13.3. The van der Waals surface area contributed by atoms with Crippen molar-refractivity contribution in [3.05, 3.63) is 72.8 Å². The molecule has 0 saturated carbocycles. The maximum absolute atomic E-state index is 13.0. The van der Waals surface area contributed by atoms with Crippen LogP contribution in [0.4, 0.5) is 16.3 Å². The largest absolute Gasteiger partial charge is 0.528 e. The maximum Gasteiger partial charge on any atom is 0.528 e. The number of hydroxylamine groups is 2. The zero-order valence-corrected chi connectivity index (χ0v) is 23.0. The number of carbonyl (C=O) groups is 2. The van der Waals surface area contributed by atoms with Crippen LogP contribution in [0.3, 0.4) is 0 Å². The minimum Gasteiger partial charge on any atom is -0.427 e. The van der Waals surface area contributed by atoms with E-state index in [9.17, 15) is 9.59 Å². The summed E-state index contributed by atoms with van der Waals surface area (Å²) in [5, 5.41) is 7.70. The number of amides is 1. The molecule has 4 aromatic rings. The lowest BCUT2D eigenvalue weighted by Crippen LogP contribution is -2.41. The fraction of sp³-hybridized carbons (Fsp3) is 0.345. The standard InChI is InChI=1S/C29H33N7O4/c1-19(20-9-6-5-7-10-20)32-25-16-30-17-26(34-25)35-18-31-22-15-21(12-13-23(22)35)33-27(37)24-11-8-14-36(24)40-28(38)39-29(2,3)4/h5-7,9-10,12-13,15-19,24H,8,11,14H2,1-4H3,(H,32,34)(H,33,37)/t19-,24-/m0/s1. The Morgan fingerprint density at radius 2 is 1.90 bits per heavy atom. The molecule has 0 radical (unpaired) electrons. The highest BCUT2D eigenvalue weighted by Gasteiger charge is 2.35. The zero-order valence-electron chi connectivity index (χ0n) is 23.0. The molecule has 1 fully saturated rings. The van der Waals surface area contributed by atoms with Gasteiger partial charge in [-0.25, -0.2) is 14.8 Å². The fourth-order valence-corrected chi connectivity index (χ4v) is 4.56. The quantitative estimate of drug-likeness (QED) is 0.301. The number of imidazole rings is 1. The predicted octanol–water partition coefficient (Wildman–Crippen LogP) is 5.26. The smallest absolute Gasteiger partial charge is 0.427 e. The summed E-state index contributed by atoms with van der Waals surface area (Å²) in [4.78, 5) is 44.1. The topological polar surface area (TPSA) is 124 Å². The van der Waals surface area contributed by atoms with Gasteiger partial charge in [0.05, 0.1) is 23.4 Å². The highest BCUT2D eigenvalue weighted by molar-refractivity contribution is 5.96. The van der Waals surface area contributed by atoms with Gasteiger partial charge in [0, 0.05) is 18.3 Å². The van der Waals surface area contributed by atoms with Crippen LogP contribution in [0.2, 0.25) is 0 Å². The zero-order chi connectivity index (χ0) is 28.3. The molecule has 2 aromatic heterocycles. The molecule has 1 amide bonds. The molecule has 40 heavy (non-hydrogen) atoms. The van der Waals surface area contributed by atoms with Gasteiger partial charge in [-0.1, -0.05) is 30.3 Å². The molecular weight excluding hydrogens is 510 g/mol. The average molecular weight is 544 g/mol. The SMILES string of the molecule is C[C@H](Nc1cncc(-n2cnc3cc(NC(=O)[C@@H]4CCCN4OC(=O)OC(C)(C)C)ccc32)n1)c1ccccc1. The van der Waals surface area contributed by atoms with E-state index < -0.39 is 17.8 Å². The van der Waals surface area contributed by atoms with E-state index in [2.05, 4.69) is 39.7 Å². The van der Waals surface area contributed by atoms with Crippen LogP contribution in [0.1, 0.15) is 52.1 Å². The van der Waals surface area contributed by atoms with Crippen molar-refractivity contribution in [1.29, 1.82) is 0 Å². The van der Waals surface area contributed by atoms with Gasteiger partial charge in [0.15, 0.2) is 5.82 Å². The van der Waals surface area contributed by atoms with Crippen LogP contribution in [0.25, 0.3) is 16.9 Å². The van der Waals surface area contributed by atoms with Crippen molar-refractivity contribution in [2.75, 3.05) is 17.2 Å². The van der Waals surface area contributed by atoms with Crippen LogP contribution in [0, 0.1) is 0 Å². The maximum atomic E-state index is 13.0. The monoisotopic (exact) mass is 543 g/mol. The number of fused-ring (bicyclic) bond motifs is 1. The summed E-state index contributed by atoms with van der Waals surface area (Å²) in [5.74, 6) is 0.997. The van der Waals surface area contributed by atoms with Gasteiger partial charge < -0.3 is 20.2 Å². The van der Waals surface area contributed by atoms with E-state index in [0.29, 0.717) is 35.8 Å². The summed E-state index contributed by atoms with van der Waals surface area (Å²) in [6, 6.07) is 15.0. The van der Waals surface area contributed by atoms with Crippen molar-refractivity contribution in [3.63, 3.8) is 0 Å². The number of benzene rings is 2. The van der Waals surface area contributed by atoms with Gasteiger partial charge in [0.25, 0.3) is 0 Å². The average Bonchev–Trinajstić information content (AvgIpc) is 3.55. The van der Waals surface area contributed by atoms with Crippen LogP contribution in [-0.4, -0.2) is 54.8 Å². The van der Waals surface area contributed by atoms with Crippen LogP contribution in [-0.2, 0) is 14.4 Å². The summed E-state index contributed by atoms with van der Waals surface area (Å²) in [5.41, 5.74) is 2.55. The van der Waals surface area contributed by atoms with Gasteiger partial charge in [-0.3, -0.25) is 14.3 Å². The molecular formula is C29H33N7O4. The molecule has 2 atom stereocenters. The van der Waals surface area contributed by atoms with E-state index in [4.69, 9.17) is 14.6 Å². The van der Waals surface area contributed by atoms with Crippen molar-refractivity contribution in [2.45, 2.75) is 58.2 Å². The van der Waals surface area contributed by atoms with Gasteiger partial charge in [-0.15, -0.1) is 5.06 Å². The number of hydrogen-bond acceptors (Lipinski definition) is 9. The molecule has 0 spiro atoms. The van der Waals surface area contributed by atoms with E-state index >= 15 is 0 Å². The Morgan fingerprint density at radius 3 is 2.67 bits per heavy atom. The van der Waals surface area contributed by atoms with Crippen molar-refractivity contribution in [3.8, 4) is 5.82 Å². The van der Waals surface area contributed by atoms with E-state index in [0.717, 1.165) is 17.5 Å². The molecule has 5 rings (SSSR count). The van der Waals surface area contributed by atoms with E-state index in [1.165, 1.54) is 5.06 Å². The Labute approximate surface area is 232 Å². The third-order valence-corrected chi connectivity index (χ3v) is 6.44. The number of aromatic nitrogens is 4. The second kappa shape index (κ2) is 11.3. The second-order valence-electron chi connectivity index (χ2n) is 10.7. The Morgan fingerprint density at radius 1 is 1.10 bits per heavy atom. The van der Waals surface area contributed by atoms with Crippen molar-refractivity contribution >= 4 is 34.6 Å². The molecule has 11 heteroatoms. The number of ether oxygens (including phenoxy) is 1. The Kier molecular flexibility index (Phi) is 7.65. The summed E-state index contributed by atoms with van der Waals surface area (Å²) in [6.45, 7) is 7.80. The number of rotatable bonds is 7. The Hall–Kier alpha value is -4.51. The lowest BCUT2D eigenvalue weighted by Gasteiger charge is -2.25. The first kappa shape index (κ1) is 27.1.